The predicted octanol–water partition coefficient (Wildman–Crippen LogP) is 4.27. The Kier molecular flexibility index (Phi) is 6.12. The minimum atomic E-state index is -1.61. The van der Waals surface area contributed by atoms with E-state index in [-0.39, 0.29) is 6.61 Å². The van der Waals surface area contributed by atoms with Gasteiger partial charge >= 0.3 is 5.97 Å². The van der Waals surface area contributed by atoms with E-state index in [2.05, 4.69) is 5.32 Å². The number of rotatable bonds is 7. The Morgan fingerprint density at radius 3 is 1.89 bits per heavy atom. The number of nitrogens with one attached hydrogen (secondary N) is 1. The van der Waals surface area contributed by atoms with Crippen molar-refractivity contribution < 1.29 is 14.6 Å². The van der Waals surface area contributed by atoms with Gasteiger partial charge in [0.2, 0.25) is 0 Å². The molecule has 0 spiro atoms. The minimum absolute atomic E-state index is 0.227. The van der Waals surface area contributed by atoms with E-state index < -0.39 is 17.6 Å². The van der Waals surface area contributed by atoms with Crippen LogP contribution in [0.5, 0.6) is 0 Å². The number of benzene rings is 3. The smallest absolute Gasteiger partial charge is 0.332 e. The third-order valence-corrected chi connectivity index (χ3v) is 4.73. The van der Waals surface area contributed by atoms with Gasteiger partial charge in [0.25, 0.3) is 0 Å². The van der Waals surface area contributed by atoms with Crippen molar-refractivity contribution in [1.29, 1.82) is 0 Å². The van der Waals surface area contributed by atoms with Gasteiger partial charge in [-0.05, 0) is 37.1 Å². The van der Waals surface area contributed by atoms with Crippen LogP contribution in [0.4, 0.5) is 5.69 Å². The Balaban J connectivity index is 2.13. The molecular formula is C24H25NO3. The lowest BCUT2D eigenvalue weighted by atomic mass is 9.80. The van der Waals surface area contributed by atoms with E-state index in [0.717, 1.165) is 11.3 Å². The molecular weight excluding hydrogens is 350 g/mol. The molecule has 0 aliphatic rings. The van der Waals surface area contributed by atoms with Crippen molar-refractivity contribution in [1.82, 2.24) is 0 Å². The summed E-state index contributed by atoms with van der Waals surface area (Å²) in [4.78, 5) is 13.0. The maximum absolute atomic E-state index is 13.0. The minimum Gasteiger partial charge on any atom is -0.464 e. The number of carbonyl (C=O) groups excluding carboxylic acids is 1. The first-order valence-electron chi connectivity index (χ1n) is 9.39. The van der Waals surface area contributed by atoms with Crippen LogP contribution in [-0.2, 0) is 15.1 Å². The van der Waals surface area contributed by atoms with Gasteiger partial charge in [-0.2, -0.15) is 0 Å². The summed E-state index contributed by atoms with van der Waals surface area (Å²) in [6.45, 7) is 3.98. The highest BCUT2D eigenvalue weighted by Crippen LogP contribution is 2.35. The fraction of sp³-hybridized carbons (Fsp3) is 0.208. The molecule has 0 heterocycles. The fourth-order valence-corrected chi connectivity index (χ4v) is 3.26. The zero-order valence-corrected chi connectivity index (χ0v) is 16.1. The van der Waals surface area contributed by atoms with Gasteiger partial charge in [-0.1, -0.05) is 78.4 Å². The highest BCUT2D eigenvalue weighted by Gasteiger charge is 2.45. The molecule has 0 aliphatic carbocycles. The van der Waals surface area contributed by atoms with Crippen LogP contribution >= 0.6 is 0 Å². The van der Waals surface area contributed by atoms with Crippen LogP contribution in [0.3, 0.4) is 0 Å². The highest BCUT2D eigenvalue weighted by molar-refractivity contribution is 5.82. The number of aryl methyl sites for hydroxylation is 1. The summed E-state index contributed by atoms with van der Waals surface area (Å²) >= 11 is 0. The summed E-state index contributed by atoms with van der Waals surface area (Å²) in [7, 11) is 0. The average Bonchev–Trinajstić information content (AvgIpc) is 2.74. The average molecular weight is 375 g/mol. The Bertz CT molecular complexity index is 853. The molecule has 0 saturated heterocycles. The highest BCUT2D eigenvalue weighted by atomic mass is 16.5. The lowest BCUT2D eigenvalue weighted by Crippen LogP contribution is -2.51. The molecule has 0 saturated carbocycles. The predicted molar refractivity (Wildman–Crippen MR) is 111 cm³/mol. The van der Waals surface area contributed by atoms with Gasteiger partial charge in [0.1, 0.15) is 5.60 Å². The van der Waals surface area contributed by atoms with Gasteiger partial charge in [-0.25, -0.2) is 4.79 Å². The number of ether oxygens (including phenoxy) is 1. The number of esters is 1. The van der Waals surface area contributed by atoms with Gasteiger partial charge in [0.05, 0.1) is 6.61 Å². The zero-order valence-electron chi connectivity index (χ0n) is 16.1. The molecule has 28 heavy (non-hydrogen) atoms. The SMILES string of the molecule is CCOC(=O)C(Nc1ccc(C)cc1)C(O)(c1ccccc1)c1ccccc1. The summed E-state index contributed by atoms with van der Waals surface area (Å²) in [5, 5.41) is 15.2. The Morgan fingerprint density at radius 1 is 0.929 bits per heavy atom. The molecule has 1 unspecified atom stereocenters. The van der Waals surface area contributed by atoms with Gasteiger partial charge in [0.15, 0.2) is 6.04 Å². The fourth-order valence-electron chi connectivity index (χ4n) is 3.26. The molecule has 4 nitrogen and oxygen atoms in total. The second-order valence-corrected chi connectivity index (χ2v) is 6.69. The van der Waals surface area contributed by atoms with Crippen LogP contribution < -0.4 is 5.32 Å². The van der Waals surface area contributed by atoms with E-state index in [1.807, 2.05) is 91.9 Å². The standard InChI is InChI=1S/C24H25NO3/c1-3-28-23(26)22(25-21-16-14-18(2)15-17-21)24(27,19-10-6-4-7-11-19)20-12-8-5-9-13-20/h4-17,22,25,27H,3H2,1-2H3. The molecule has 3 aromatic carbocycles. The van der Waals surface area contributed by atoms with Crippen LogP contribution in [0.1, 0.15) is 23.6 Å². The summed E-state index contributed by atoms with van der Waals surface area (Å²) in [6, 6.07) is 25.0. The Morgan fingerprint density at radius 2 is 1.43 bits per heavy atom. The number of anilines is 1. The van der Waals surface area contributed by atoms with Crippen molar-refractivity contribution in [3.63, 3.8) is 0 Å². The summed E-state index contributed by atoms with van der Waals surface area (Å²) in [6.07, 6.45) is 0. The van der Waals surface area contributed by atoms with Gasteiger partial charge in [-0.15, -0.1) is 0 Å². The Labute approximate surface area is 165 Å². The quantitative estimate of drug-likeness (QED) is 0.606. The van der Waals surface area contributed by atoms with Crippen LogP contribution in [0.25, 0.3) is 0 Å². The molecule has 1 atom stereocenters. The molecule has 0 amide bonds. The van der Waals surface area contributed by atoms with Crippen molar-refractivity contribution in [3.8, 4) is 0 Å². The van der Waals surface area contributed by atoms with Gasteiger partial charge in [0, 0.05) is 5.69 Å². The van der Waals surface area contributed by atoms with E-state index >= 15 is 0 Å². The van der Waals surface area contributed by atoms with E-state index in [1.54, 1.807) is 6.92 Å². The van der Waals surface area contributed by atoms with E-state index in [1.165, 1.54) is 0 Å². The normalized spacial score (nSPS) is 12.2. The number of aliphatic hydroxyl groups is 1. The van der Waals surface area contributed by atoms with E-state index in [9.17, 15) is 9.90 Å². The van der Waals surface area contributed by atoms with Crippen molar-refractivity contribution in [2.75, 3.05) is 11.9 Å². The van der Waals surface area contributed by atoms with Crippen LogP contribution in [-0.4, -0.2) is 23.7 Å². The molecule has 2 N–H and O–H groups in total. The van der Waals surface area contributed by atoms with Crippen LogP contribution in [0.2, 0.25) is 0 Å². The zero-order chi connectivity index (χ0) is 20.0. The van der Waals surface area contributed by atoms with Crippen LogP contribution in [0.15, 0.2) is 84.9 Å². The van der Waals surface area contributed by atoms with Crippen molar-refractivity contribution in [2.24, 2.45) is 0 Å². The molecule has 3 rings (SSSR count). The molecule has 0 fully saturated rings. The second kappa shape index (κ2) is 8.72. The second-order valence-electron chi connectivity index (χ2n) is 6.69. The number of hydrogen-bond donors (Lipinski definition) is 2. The molecule has 3 aromatic rings. The lowest BCUT2D eigenvalue weighted by molar-refractivity contribution is -0.149. The first kappa shape index (κ1) is 19.6. The molecule has 144 valence electrons. The maximum Gasteiger partial charge on any atom is 0.332 e. The molecule has 4 heteroatoms. The van der Waals surface area contributed by atoms with Crippen molar-refractivity contribution in [3.05, 3.63) is 102 Å². The van der Waals surface area contributed by atoms with Gasteiger partial charge < -0.3 is 15.2 Å². The van der Waals surface area contributed by atoms with E-state index in [0.29, 0.717) is 11.1 Å². The first-order valence-corrected chi connectivity index (χ1v) is 9.39. The molecule has 0 bridgehead atoms. The molecule has 0 aromatic heterocycles. The van der Waals surface area contributed by atoms with Gasteiger partial charge in [-0.3, -0.25) is 0 Å². The number of carbonyl (C=O) groups is 1. The third kappa shape index (κ3) is 4.07. The molecule has 0 radical (unpaired) electrons. The summed E-state index contributed by atoms with van der Waals surface area (Å²) in [5.41, 5.74) is 1.45. The summed E-state index contributed by atoms with van der Waals surface area (Å²) < 4.78 is 5.33. The van der Waals surface area contributed by atoms with E-state index in [4.69, 9.17) is 4.74 Å². The van der Waals surface area contributed by atoms with Crippen molar-refractivity contribution in [2.45, 2.75) is 25.5 Å². The van der Waals surface area contributed by atoms with Crippen LogP contribution in [0, 0.1) is 6.92 Å². The Hall–Kier alpha value is -3.11. The lowest BCUT2D eigenvalue weighted by Gasteiger charge is -2.36. The summed E-state index contributed by atoms with van der Waals surface area (Å²) in [5.74, 6) is -0.515. The third-order valence-electron chi connectivity index (χ3n) is 4.73. The number of hydrogen-bond acceptors (Lipinski definition) is 4. The topological polar surface area (TPSA) is 58.6 Å². The largest absolute Gasteiger partial charge is 0.464 e. The molecule has 0 aliphatic heterocycles. The maximum atomic E-state index is 13.0. The van der Waals surface area contributed by atoms with Crippen molar-refractivity contribution >= 4 is 11.7 Å². The monoisotopic (exact) mass is 375 g/mol. The first-order chi connectivity index (χ1) is 13.6.